The van der Waals surface area contributed by atoms with Crippen molar-refractivity contribution in [3.8, 4) is 11.4 Å². The zero-order valence-electron chi connectivity index (χ0n) is 17.7. The standard InChI is InChI=1S/C21H25N5O4S/c1-4-30-20(28)13-22-19(27)14-31-21-24-23-18(12-16-6-5-11-25(16)2)26(21)15-7-9-17(29-3)10-8-15/h5-11H,4,12-14H2,1-3H3,(H,22,27). The maximum absolute atomic E-state index is 12.1. The molecular formula is C21H25N5O4S. The summed E-state index contributed by atoms with van der Waals surface area (Å²) in [5.74, 6) is 0.839. The predicted molar refractivity (Wildman–Crippen MR) is 116 cm³/mol. The molecule has 0 saturated carbocycles. The number of ether oxygens (including phenoxy) is 2. The molecule has 10 heteroatoms. The molecule has 0 spiro atoms. The Labute approximate surface area is 184 Å². The Kier molecular flexibility index (Phi) is 7.71. The minimum atomic E-state index is -0.466. The molecule has 1 amide bonds. The zero-order chi connectivity index (χ0) is 22.2. The summed E-state index contributed by atoms with van der Waals surface area (Å²) in [6.45, 7) is 1.84. The van der Waals surface area contributed by atoms with Crippen LogP contribution in [0.1, 0.15) is 18.4 Å². The second-order valence-corrected chi connectivity index (χ2v) is 7.53. The van der Waals surface area contributed by atoms with E-state index in [1.54, 1.807) is 14.0 Å². The van der Waals surface area contributed by atoms with E-state index in [1.807, 2.05) is 58.8 Å². The molecule has 2 heterocycles. The van der Waals surface area contributed by atoms with Crippen molar-refractivity contribution in [1.29, 1.82) is 0 Å². The van der Waals surface area contributed by atoms with Gasteiger partial charge < -0.3 is 19.4 Å². The minimum Gasteiger partial charge on any atom is -0.497 e. The Hall–Kier alpha value is -3.27. The van der Waals surface area contributed by atoms with E-state index in [-0.39, 0.29) is 24.8 Å². The SMILES string of the molecule is CCOC(=O)CNC(=O)CSc1nnc(Cc2cccn2C)n1-c1ccc(OC)cc1. The lowest BCUT2D eigenvalue weighted by Gasteiger charge is -2.11. The van der Waals surface area contributed by atoms with Gasteiger partial charge in [0.05, 0.1) is 19.5 Å². The molecule has 0 fully saturated rings. The second-order valence-electron chi connectivity index (χ2n) is 6.59. The van der Waals surface area contributed by atoms with Gasteiger partial charge in [0, 0.05) is 31.0 Å². The number of amides is 1. The van der Waals surface area contributed by atoms with Crippen LogP contribution in [0.5, 0.6) is 5.75 Å². The van der Waals surface area contributed by atoms with E-state index in [0.29, 0.717) is 11.6 Å². The highest BCUT2D eigenvalue weighted by Gasteiger charge is 2.17. The summed E-state index contributed by atoms with van der Waals surface area (Å²) in [6.07, 6.45) is 2.56. The van der Waals surface area contributed by atoms with Gasteiger partial charge in [-0.05, 0) is 43.3 Å². The number of aromatic nitrogens is 4. The molecule has 31 heavy (non-hydrogen) atoms. The van der Waals surface area contributed by atoms with Gasteiger partial charge in [-0.3, -0.25) is 14.2 Å². The molecule has 1 N–H and O–H groups in total. The lowest BCUT2D eigenvalue weighted by molar-refractivity contribution is -0.143. The van der Waals surface area contributed by atoms with Gasteiger partial charge in [-0.1, -0.05) is 11.8 Å². The third kappa shape index (κ3) is 5.88. The molecule has 0 aliphatic carbocycles. The van der Waals surface area contributed by atoms with Gasteiger partial charge in [0.15, 0.2) is 5.16 Å². The Morgan fingerprint density at radius 2 is 1.94 bits per heavy atom. The van der Waals surface area contributed by atoms with Crippen LogP contribution in [0, 0.1) is 0 Å². The first-order chi connectivity index (χ1) is 15.0. The number of hydrogen-bond donors (Lipinski definition) is 1. The van der Waals surface area contributed by atoms with E-state index < -0.39 is 5.97 Å². The number of rotatable bonds is 10. The lowest BCUT2D eigenvalue weighted by Crippen LogP contribution is -2.31. The highest BCUT2D eigenvalue weighted by Crippen LogP contribution is 2.25. The van der Waals surface area contributed by atoms with Crippen LogP contribution in [0.25, 0.3) is 5.69 Å². The Morgan fingerprint density at radius 3 is 2.58 bits per heavy atom. The number of carbonyl (C=O) groups is 2. The van der Waals surface area contributed by atoms with Crippen LogP contribution in [-0.4, -0.2) is 57.2 Å². The molecule has 0 bridgehead atoms. The van der Waals surface area contributed by atoms with Crippen LogP contribution >= 0.6 is 11.8 Å². The van der Waals surface area contributed by atoms with Crippen molar-refractivity contribution < 1.29 is 19.1 Å². The zero-order valence-corrected chi connectivity index (χ0v) is 18.5. The van der Waals surface area contributed by atoms with Crippen molar-refractivity contribution in [2.75, 3.05) is 26.0 Å². The summed E-state index contributed by atoms with van der Waals surface area (Å²) in [4.78, 5) is 23.6. The maximum Gasteiger partial charge on any atom is 0.325 e. The number of carbonyl (C=O) groups excluding carboxylic acids is 2. The smallest absolute Gasteiger partial charge is 0.325 e. The van der Waals surface area contributed by atoms with Crippen molar-refractivity contribution in [1.82, 2.24) is 24.6 Å². The average Bonchev–Trinajstić information content (AvgIpc) is 3.37. The highest BCUT2D eigenvalue weighted by molar-refractivity contribution is 7.99. The van der Waals surface area contributed by atoms with Crippen molar-refractivity contribution in [2.45, 2.75) is 18.5 Å². The quantitative estimate of drug-likeness (QED) is 0.378. The van der Waals surface area contributed by atoms with Crippen LogP contribution in [0.2, 0.25) is 0 Å². The largest absolute Gasteiger partial charge is 0.497 e. The van der Waals surface area contributed by atoms with E-state index in [0.717, 1.165) is 23.0 Å². The summed E-state index contributed by atoms with van der Waals surface area (Å²) in [7, 11) is 3.60. The van der Waals surface area contributed by atoms with E-state index in [2.05, 4.69) is 15.5 Å². The summed E-state index contributed by atoms with van der Waals surface area (Å²) in [6, 6.07) is 11.6. The summed E-state index contributed by atoms with van der Waals surface area (Å²) >= 11 is 1.25. The average molecular weight is 444 g/mol. The summed E-state index contributed by atoms with van der Waals surface area (Å²) < 4.78 is 14.0. The van der Waals surface area contributed by atoms with E-state index in [1.165, 1.54) is 11.8 Å². The highest BCUT2D eigenvalue weighted by atomic mass is 32.2. The Balaban J connectivity index is 1.78. The van der Waals surface area contributed by atoms with E-state index >= 15 is 0 Å². The maximum atomic E-state index is 12.1. The third-order valence-corrected chi connectivity index (χ3v) is 5.42. The van der Waals surface area contributed by atoms with E-state index in [4.69, 9.17) is 9.47 Å². The number of nitrogens with zero attached hydrogens (tertiary/aromatic N) is 4. The van der Waals surface area contributed by atoms with Gasteiger partial charge in [0.1, 0.15) is 18.1 Å². The molecular weight excluding hydrogens is 418 g/mol. The molecule has 0 aliphatic heterocycles. The van der Waals surface area contributed by atoms with Gasteiger partial charge in [-0.15, -0.1) is 10.2 Å². The number of esters is 1. The topological polar surface area (TPSA) is 100 Å². The fourth-order valence-electron chi connectivity index (χ4n) is 2.90. The van der Waals surface area contributed by atoms with E-state index in [9.17, 15) is 9.59 Å². The van der Waals surface area contributed by atoms with Gasteiger partial charge in [0.25, 0.3) is 0 Å². The van der Waals surface area contributed by atoms with Crippen molar-refractivity contribution in [3.63, 3.8) is 0 Å². The van der Waals surface area contributed by atoms with Crippen LogP contribution in [0.15, 0.2) is 47.8 Å². The molecule has 164 valence electrons. The molecule has 0 unspecified atom stereocenters. The minimum absolute atomic E-state index is 0.0951. The lowest BCUT2D eigenvalue weighted by atomic mass is 10.2. The number of methoxy groups -OCH3 is 1. The molecule has 2 aromatic heterocycles. The molecule has 0 saturated heterocycles. The number of nitrogens with one attached hydrogen (secondary N) is 1. The molecule has 0 radical (unpaired) electrons. The molecule has 0 aliphatic rings. The molecule has 1 aromatic carbocycles. The molecule has 3 rings (SSSR count). The Morgan fingerprint density at radius 1 is 1.16 bits per heavy atom. The monoisotopic (exact) mass is 443 g/mol. The molecule has 9 nitrogen and oxygen atoms in total. The van der Waals surface area contributed by atoms with Gasteiger partial charge in [-0.2, -0.15) is 0 Å². The predicted octanol–water partition coefficient (Wildman–Crippen LogP) is 1.98. The van der Waals surface area contributed by atoms with Crippen LogP contribution in [-0.2, 0) is 27.8 Å². The van der Waals surface area contributed by atoms with Crippen molar-refractivity contribution in [3.05, 3.63) is 54.1 Å². The van der Waals surface area contributed by atoms with Crippen molar-refractivity contribution in [2.24, 2.45) is 7.05 Å². The number of aryl methyl sites for hydroxylation is 1. The van der Waals surface area contributed by atoms with Gasteiger partial charge in [0.2, 0.25) is 5.91 Å². The van der Waals surface area contributed by atoms with Gasteiger partial charge >= 0.3 is 5.97 Å². The number of benzene rings is 1. The second kappa shape index (κ2) is 10.7. The van der Waals surface area contributed by atoms with Crippen LogP contribution in [0.3, 0.4) is 0 Å². The van der Waals surface area contributed by atoms with Gasteiger partial charge in [-0.25, -0.2) is 0 Å². The fraction of sp³-hybridized carbons (Fsp3) is 0.333. The summed E-state index contributed by atoms with van der Waals surface area (Å²) in [5.41, 5.74) is 1.95. The molecule has 3 aromatic rings. The Bertz CT molecular complexity index is 1030. The first kappa shape index (κ1) is 22.4. The summed E-state index contributed by atoms with van der Waals surface area (Å²) in [5, 5.41) is 11.8. The van der Waals surface area contributed by atoms with Crippen LogP contribution in [0.4, 0.5) is 0 Å². The normalized spacial score (nSPS) is 10.7. The fourth-order valence-corrected chi connectivity index (χ4v) is 3.71. The number of thioether (sulfide) groups is 1. The molecule has 0 atom stereocenters. The first-order valence-electron chi connectivity index (χ1n) is 9.75. The number of hydrogen-bond acceptors (Lipinski definition) is 7. The van der Waals surface area contributed by atoms with Crippen LogP contribution < -0.4 is 10.1 Å². The third-order valence-electron chi connectivity index (χ3n) is 4.49. The van der Waals surface area contributed by atoms with Crippen molar-refractivity contribution >= 4 is 23.6 Å². The first-order valence-corrected chi connectivity index (χ1v) is 10.7.